The number of rotatable bonds is 4. The van der Waals surface area contributed by atoms with Crippen LogP contribution in [0.15, 0.2) is 28.8 Å². The van der Waals surface area contributed by atoms with Gasteiger partial charge in [0.1, 0.15) is 0 Å². The fraction of sp³-hybridized carbons (Fsp3) is 0.353. The van der Waals surface area contributed by atoms with Crippen molar-refractivity contribution < 1.29 is 23.6 Å². The minimum Gasteiger partial charge on any atom is -0.389 e. The third kappa shape index (κ3) is 2.50. The Morgan fingerprint density at radius 2 is 1.88 bits per heavy atom. The van der Waals surface area contributed by atoms with E-state index in [-0.39, 0.29) is 36.2 Å². The predicted molar refractivity (Wildman–Crippen MR) is 82.9 cm³/mol. The standard InChI is InChI=1S/C17H15N3O5/c1-2-13(21)24-17-18-14(25-19-17)9-7-10(8-9)20-15(22)11-5-3-4-6-12(11)16(20)23/h3-6,9-10H,2,7-8H2,1H3. The molecule has 1 aromatic carbocycles. The summed E-state index contributed by atoms with van der Waals surface area (Å²) in [7, 11) is 0. The zero-order valence-electron chi connectivity index (χ0n) is 13.5. The zero-order chi connectivity index (χ0) is 17.6. The van der Waals surface area contributed by atoms with E-state index < -0.39 is 5.97 Å². The topological polar surface area (TPSA) is 103 Å². The second kappa shape index (κ2) is 5.80. The Morgan fingerprint density at radius 1 is 1.24 bits per heavy atom. The number of carbonyl (C=O) groups is 3. The molecule has 1 aliphatic heterocycles. The molecule has 2 amide bonds. The van der Waals surface area contributed by atoms with Gasteiger partial charge in [0.05, 0.1) is 11.1 Å². The third-order valence-electron chi connectivity index (χ3n) is 4.57. The highest BCUT2D eigenvalue weighted by Crippen LogP contribution is 2.42. The van der Waals surface area contributed by atoms with E-state index in [1.165, 1.54) is 4.90 Å². The highest BCUT2D eigenvalue weighted by Gasteiger charge is 2.46. The van der Waals surface area contributed by atoms with E-state index in [0.29, 0.717) is 29.9 Å². The lowest BCUT2D eigenvalue weighted by molar-refractivity contribution is -0.134. The second-order valence-electron chi connectivity index (χ2n) is 6.09. The molecule has 0 bridgehead atoms. The van der Waals surface area contributed by atoms with E-state index in [1.807, 2.05) is 0 Å². The first-order valence-electron chi connectivity index (χ1n) is 8.09. The molecule has 0 saturated heterocycles. The number of ether oxygens (including phenoxy) is 1. The Kier molecular flexibility index (Phi) is 3.60. The summed E-state index contributed by atoms with van der Waals surface area (Å²) in [5.41, 5.74) is 0.894. The summed E-state index contributed by atoms with van der Waals surface area (Å²) in [4.78, 5) is 41.5. The largest absolute Gasteiger partial charge is 0.389 e. The van der Waals surface area contributed by atoms with Gasteiger partial charge in [-0.05, 0) is 30.1 Å². The van der Waals surface area contributed by atoms with Crippen LogP contribution in [0.4, 0.5) is 0 Å². The molecule has 2 heterocycles. The molecule has 2 aliphatic rings. The smallest absolute Gasteiger partial charge is 0.362 e. The molecule has 0 N–H and O–H groups in total. The van der Waals surface area contributed by atoms with Gasteiger partial charge in [0.15, 0.2) is 0 Å². The van der Waals surface area contributed by atoms with Crippen molar-refractivity contribution in [3.05, 3.63) is 41.3 Å². The Balaban J connectivity index is 1.42. The fourth-order valence-corrected chi connectivity index (χ4v) is 3.14. The molecule has 0 spiro atoms. The maximum absolute atomic E-state index is 12.4. The lowest BCUT2D eigenvalue weighted by atomic mass is 9.79. The van der Waals surface area contributed by atoms with Crippen molar-refractivity contribution in [2.75, 3.05) is 0 Å². The van der Waals surface area contributed by atoms with Crippen LogP contribution in [-0.2, 0) is 4.79 Å². The van der Waals surface area contributed by atoms with Crippen molar-refractivity contribution in [3.8, 4) is 6.01 Å². The predicted octanol–water partition coefficient (Wildman–Crippen LogP) is 1.93. The first-order chi connectivity index (χ1) is 12.1. The highest BCUT2D eigenvalue weighted by atomic mass is 16.6. The van der Waals surface area contributed by atoms with Crippen LogP contribution in [0, 0.1) is 0 Å². The van der Waals surface area contributed by atoms with Gasteiger partial charge in [-0.2, -0.15) is 4.98 Å². The molecule has 1 aliphatic carbocycles. The van der Waals surface area contributed by atoms with Gasteiger partial charge in [-0.1, -0.05) is 19.1 Å². The van der Waals surface area contributed by atoms with Crippen molar-refractivity contribution in [2.45, 2.75) is 38.1 Å². The van der Waals surface area contributed by atoms with Gasteiger partial charge in [-0.25, -0.2) is 0 Å². The number of aromatic nitrogens is 2. The molecule has 8 nitrogen and oxygen atoms in total. The number of carbonyl (C=O) groups excluding carboxylic acids is 3. The number of imide groups is 1. The molecule has 0 radical (unpaired) electrons. The number of amides is 2. The summed E-state index contributed by atoms with van der Waals surface area (Å²) in [6.45, 7) is 1.67. The van der Waals surface area contributed by atoms with E-state index in [9.17, 15) is 14.4 Å². The van der Waals surface area contributed by atoms with Gasteiger partial charge in [0, 0.05) is 18.4 Å². The lowest BCUT2D eigenvalue weighted by Crippen LogP contribution is -2.46. The van der Waals surface area contributed by atoms with Gasteiger partial charge in [-0.15, -0.1) is 0 Å². The molecule has 1 saturated carbocycles. The summed E-state index contributed by atoms with van der Waals surface area (Å²) >= 11 is 0. The molecule has 0 atom stereocenters. The van der Waals surface area contributed by atoms with Crippen molar-refractivity contribution >= 4 is 17.8 Å². The summed E-state index contributed by atoms with van der Waals surface area (Å²) in [6, 6.07) is 6.52. The van der Waals surface area contributed by atoms with Crippen LogP contribution in [0.1, 0.15) is 58.7 Å². The first kappa shape index (κ1) is 15.5. The minimum atomic E-state index is -0.440. The number of fused-ring (bicyclic) bond motifs is 1. The molecule has 0 unspecified atom stereocenters. The molecule has 1 aromatic heterocycles. The lowest BCUT2D eigenvalue weighted by Gasteiger charge is -2.38. The van der Waals surface area contributed by atoms with Crippen LogP contribution >= 0.6 is 0 Å². The molecule has 1 fully saturated rings. The van der Waals surface area contributed by atoms with E-state index in [2.05, 4.69) is 10.1 Å². The quantitative estimate of drug-likeness (QED) is 0.618. The Bertz CT molecular complexity index is 834. The van der Waals surface area contributed by atoms with Crippen LogP contribution in [0.5, 0.6) is 6.01 Å². The summed E-state index contributed by atoms with van der Waals surface area (Å²) in [6.07, 6.45) is 1.32. The molecule has 128 valence electrons. The SMILES string of the molecule is CCC(=O)Oc1noc(C2CC(N3C(=O)c4ccccc4C3=O)C2)n1. The summed E-state index contributed by atoms with van der Waals surface area (Å²) in [5.74, 6) is -0.660. The van der Waals surface area contributed by atoms with Gasteiger partial charge in [-0.3, -0.25) is 19.3 Å². The number of hydrogen-bond donors (Lipinski definition) is 0. The number of esters is 1. The molecular weight excluding hydrogens is 326 g/mol. The molecular formula is C17H15N3O5. The van der Waals surface area contributed by atoms with Crippen molar-refractivity contribution in [3.63, 3.8) is 0 Å². The Morgan fingerprint density at radius 3 is 2.48 bits per heavy atom. The van der Waals surface area contributed by atoms with Gasteiger partial charge < -0.3 is 9.26 Å². The highest BCUT2D eigenvalue weighted by molar-refractivity contribution is 6.21. The zero-order valence-corrected chi connectivity index (χ0v) is 13.5. The van der Waals surface area contributed by atoms with Crippen molar-refractivity contribution in [1.29, 1.82) is 0 Å². The first-order valence-corrected chi connectivity index (χ1v) is 8.09. The Hall–Kier alpha value is -3.03. The minimum absolute atomic E-state index is 0.0594. The van der Waals surface area contributed by atoms with Gasteiger partial charge in [0.25, 0.3) is 11.8 Å². The maximum atomic E-state index is 12.4. The normalized spacial score (nSPS) is 21.9. The summed E-state index contributed by atoms with van der Waals surface area (Å²) in [5, 5.41) is 3.62. The van der Waals surface area contributed by atoms with Crippen molar-refractivity contribution in [2.24, 2.45) is 0 Å². The maximum Gasteiger partial charge on any atom is 0.362 e. The van der Waals surface area contributed by atoms with Crippen LogP contribution in [0.2, 0.25) is 0 Å². The molecule has 25 heavy (non-hydrogen) atoms. The van der Waals surface area contributed by atoms with E-state index in [0.717, 1.165) is 0 Å². The average molecular weight is 341 g/mol. The van der Waals surface area contributed by atoms with Gasteiger partial charge >= 0.3 is 12.0 Å². The van der Waals surface area contributed by atoms with E-state index in [4.69, 9.17) is 9.26 Å². The molecule has 4 rings (SSSR count). The van der Waals surface area contributed by atoms with Crippen LogP contribution in [0.25, 0.3) is 0 Å². The second-order valence-corrected chi connectivity index (χ2v) is 6.09. The van der Waals surface area contributed by atoms with Crippen LogP contribution < -0.4 is 4.74 Å². The third-order valence-corrected chi connectivity index (χ3v) is 4.57. The fourth-order valence-electron chi connectivity index (χ4n) is 3.14. The monoisotopic (exact) mass is 341 g/mol. The van der Waals surface area contributed by atoms with Crippen LogP contribution in [0.3, 0.4) is 0 Å². The van der Waals surface area contributed by atoms with E-state index >= 15 is 0 Å². The Labute approximate surface area is 142 Å². The molecule has 2 aromatic rings. The number of hydrogen-bond acceptors (Lipinski definition) is 7. The average Bonchev–Trinajstić information content (AvgIpc) is 3.12. The van der Waals surface area contributed by atoms with Gasteiger partial charge in [0.2, 0.25) is 5.89 Å². The van der Waals surface area contributed by atoms with Crippen LogP contribution in [-0.4, -0.2) is 38.9 Å². The number of benzene rings is 1. The summed E-state index contributed by atoms with van der Waals surface area (Å²) < 4.78 is 10.0. The number of nitrogens with zero attached hydrogens (tertiary/aromatic N) is 3. The molecule has 8 heteroatoms. The van der Waals surface area contributed by atoms with E-state index in [1.54, 1.807) is 31.2 Å². The van der Waals surface area contributed by atoms with Crippen molar-refractivity contribution in [1.82, 2.24) is 15.0 Å².